The van der Waals surface area contributed by atoms with Crippen molar-refractivity contribution in [2.75, 3.05) is 13.1 Å². The van der Waals surface area contributed by atoms with Crippen molar-refractivity contribution >= 4 is 5.91 Å². The lowest BCUT2D eigenvalue weighted by Gasteiger charge is -2.27. The maximum absolute atomic E-state index is 11.5. The van der Waals surface area contributed by atoms with Gasteiger partial charge in [0.1, 0.15) is 0 Å². The molecule has 3 N–H and O–H groups in total. The Kier molecular flexibility index (Phi) is 2.49. The average Bonchev–Trinajstić information content (AvgIpc) is 2.51. The van der Waals surface area contributed by atoms with Gasteiger partial charge in [0.25, 0.3) is 0 Å². The van der Waals surface area contributed by atoms with Gasteiger partial charge in [-0.3, -0.25) is 9.89 Å². The highest BCUT2D eigenvalue weighted by atomic mass is 16.2. The molecule has 1 fully saturated rings. The fraction of sp³-hybridized carbons (Fsp3) is 0.556. The Bertz CT molecular complexity index is 305. The largest absolute Gasteiger partial charge is 0.349 e. The molecule has 1 aliphatic heterocycles. The molecule has 1 aliphatic rings. The van der Waals surface area contributed by atoms with Crippen molar-refractivity contribution in [1.29, 1.82) is 0 Å². The van der Waals surface area contributed by atoms with Crippen LogP contribution < -0.4 is 10.6 Å². The van der Waals surface area contributed by atoms with E-state index in [0.29, 0.717) is 0 Å². The van der Waals surface area contributed by atoms with Gasteiger partial charge in [-0.1, -0.05) is 0 Å². The third kappa shape index (κ3) is 1.77. The molecule has 2 heterocycles. The molecule has 0 radical (unpaired) electrons. The normalized spacial score (nSPS) is 18.6. The second kappa shape index (κ2) is 3.79. The average molecular weight is 194 g/mol. The topological polar surface area (TPSA) is 69.8 Å². The first kappa shape index (κ1) is 9.21. The maximum atomic E-state index is 11.5. The van der Waals surface area contributed by atoms with Crippen LogP contribution in [0.4, 0.5) is 0 Å². The Morgan fingerprint density at radius 3 is 3.00 bits per heavy atom. The Labute approximate surface area is 82.3 Å². The molecule has 1 amide bonds. The zero-order valence-corrected chi connectivity index (χ0v) is 8.08. The molecule has 0 bridgehead atoms. The molecule has 76 valence electrons. The van der Waals surface area contributed by atoms with E-state index in [0.717, 1.165) is 18.7 Å². The Morgan fingerprint density at radius 2 is 2.50 bits per heavy atom. The van der Waals surface area contributed by atoms with Gasteiger partial charge in [0, 0.05) is 24.8 Å². The first-order valence-electron chi connectivity index (χ1n) is 4.77. The molecule has 0 spiro atoms. The second-order valence-corrected chi connectivity index (χ2v) is 3.62. The molecule has 1 atom stereocenters. The van der Waals surface area contributed by atoms with Crippen molar-refractivity contribution in [3.63, 3.8) is 0 Å². The first-order valence-corrected chi connectivity index (χ1v) is 4.77. The highest BCUT2D eigenvalue weighted by Crippen LogP contribution is 2.11. The van der Waals surface area contributed by atoms with E-state index in [1.165, 1.54) is 0 Å². The summed E-state index contributed by atoms with van der Waals surface area (Å²) in [6.07, 6.45) is 3.52. The van der Waals surface area contributed by atoms with Gasteiger partial charge in [-0.05, 0) is 6.92 Å². The van der Waals surface area contributed by atoms with Crippen LogP contribution >= 0.6 is 0 Å². The van der Waals surface area contributed by atoms with Gasteiger partial charge in [0.2, 0.25) is 5.91 Å². The lowest BCUT2D eigenvalue weighted by molar-refractivity contribution is -0.127. The molecule has 1 aromatic rings. The number of carbonyl (C=O) groups excluding carboxylic acids is 1. The molecule has 1 unspecified atom stereocenters. The number of rotatable bonds is 3. The van der Waals surface area contributed by atoms with Crippen LogP contribution in [0.2, 0.25) is 0 Å². The van der Waals surface area contributed by atoms with Crippen molar-refractivity contribution in [1.82, 2.24) is 20.8 Å². The number of H-pyrrole nitrogens is 1. The monoisotopic (exact) mass is 194 g/mol. The van der Waals surface area contributed by atoms with E-state index >= 15 is 0 Å². The van der Waals surface area contributed by atoms with Crippen LogP contribution in [0.5, 0.6) is 0 Å². The van der Waals surface area contributed by atoms with Crippen LogP contribution in [0, 0.1) is 5.92 Å². The molecule has 1 saturated heterocycles. The van der Waals surface area contributed by atoms with Crippen molar-refractivity contribution < 1.29 is 4.79 Å². The fourth-order valence-electron chi connectivity index (χ4n) is 1.39. The number of amides is 1. The molecule has 14 heavy (non-hydrogen) atoms. The minimum absolute atomic E-state index is 0.0295. The third-order valence-electron chi connectivity index (χ3n) is 2.53. The summed E-state index contributed by atoms with van der Waals surface area (Å²) >= 11 is 0. The second-order valence-electron chi connectivity index (χ2n) is 3.62. The van der Waals surface area contributed by atoms with Gasteiger partial charge in [-0.2, -0.15) is 5.10 Å². The van der Waals surface area contributed by atoms with E-state index in [1.807, 2.05) is 6.92 Å². The Morgan fingerprint density at radius 1 is 1.71 bits per heavy atom. The Hall–Kier alpha value is -1.36. The number of nitrogens with zero attached hydrogens (tertiary/aromatic N) is 1. The van der Waals surface area contributed by atoms with Crippen molar-refractivity contribution in [2.45, 2.75) is 13.0 Å². The predicted octanol–water partition coefficient (Wildman–Crippen LogP) is -0.194. The quantitative estimate of drug-likeness (QED) is 0.624. The van der Waals surface area contributed by atoms with Crippen molar-refractivity contribution in [2.24, 2.45) is 5.92 Å². The minimum Gasteiger partial charge on any atom is -0.349 e. The van der Waals surface area contributed by atoms with Gasteiger partial charge in [0.15, 0.2) is 0 Å². The van der Waals surface area contributed by atoms with E-state index < -0.39 is 0 Å². The lowest BCUT2D eigenvalue weighted by Crippen LogP contribution is -2.51. The van der Waals surface area contributed by atoms with E-state index in [1.54, 1.807) is 12.4 Å². The smallest absolute Gasteiger partial charge is 0.226 e. The van der Waals surface area contributed by atoms with Crippen LogP contribution in [-0.4, -0.2) is 29.2 Å². The highest BCUT2D eigenvalue weighted by molar-refractivity contribution is 5.80. The SMILES string of the molecule is CC(NC(=O)C1CNC1)c1cn[nH]c1. The summed E-state index contributed by atoms with van der Waals surface area (Å²) < 4.78 is 0. The van der Waals surface area contributed by atoms with E-state index in [-0.39, 0.29) is 17.9 Å². The van der Waals surface area contributed by atoms with Gasteiger partial charge in [-0.25, -0.2) is 0 Å². The number of hydrogen-bond acceptors (Lipinski definition) is 3. The maximum Gasteiger partial charge on any atom is 0.226 e. The standard InChI is InChI=1S/C9H14N4O/c1-6(7-4-11-12-5-7)13-9(14)8-2-10-3-8/h4-6,8,10H,2-3H2,1H3,(H,11,12)(H,13,14). The van der Waals surface area contributed by atoms with Gasteiger partial charge in [0.05, 0.1) is 18.2 Å². The summed E-state index contributed by atoms with van der Waals surface area (Å²) in [6, 6.07) is 0.0295. The zero-order chi connectivity index (χ0) is 9.97. The van der Waals surface area contributed by atoms with Crippen LogP contribution in [0.3, 0.4) is 0 Å². The summed E-state index contributed by atoms with van der Waals surface area (Å²) in [5.74, 6) is 0.266. The first-order chi connectivity index (χ1) is 6.77. The third-order valence-corrected chi connectivity index (χ3v) is 2.53. The van der Waals surface area contributed by atoms with Crippen molar-refractivity contribution in [3.05, 3.63) is 18.0 Å². The van der Waals surface area contributed by atoms with Crippen molar-refractivity contribution in [3.8, 4) is 0 Å². The van der Waals surface area contributed by atoms with E-state index in [4.69, 9.17) is 0 Å². The van der Waals surface area contributed by atoms with E-state index in [9.17, 15) is 4.79 Å². The van der Waals surface area contributed by atoms with Crippen LogP contribution in [-0.2, 0) is 4.79 Å². The molecule has 0 aromatic carbocycles. The molecule has 0 aliphatic carbocycles. The fourth-order valence-corrected chi connectivity index (χ4v) is 1.39. The summed E-state index contributed by atoms with van der Waals surface area (Å²) in [4.78, 5) is 11.5. The van der Waals surface area contributed by atoms with Crippen LogP contribution in [0.25, 0.3) is 0 Å². The zero-order valence-electron chi connectivity index (χ0n) is 8.08. The molecule has 5 heteroatoms. The number of aromatic nitrogens is 2. The number of hydrogen-bond donors (Lipinski definition) is 3. The molecule has 2 rings (SSSR count). The molecule has 0 saturated carbocycles. The lowest BCUT2D eigenvalue weighted by atomic mass is 10.0. The minimum atomic E-state index is 0.0295. The molecule has 1 aromatic heterocycles. The summed E-state index contributed by atoms with van der Waals surface area (Å²) in [5, 5.41) is 12.6. The Balaban J connectivity index is 1.87. The molecule has 5 nitrogen and oxygen atoms in total. The summed E-state index contributed by atoms with van der Waals surface area (Å²) in [7, 11) is 0. The van der Waals surface area contributed by atoms with Crippen LogP contribution in [0.1, 0.15) is 18.5 Å². The summed E-state index contributed by atoms with van der Waals surface area (Å²) in [6.45, 7) is 3.54. The number of carbonyl (C=O) groups is 1. The predicted molar refractivity (Wildman–Crippen MR) is 51.5 cm³/mol. The van der Waals surface area contributed by atoms with Crippen LogP contribution in [0.15, 0.2) is 12.4 Å². The highest BCUT2D eigenvalue weighted by Gasteiger charge is 2.25. The van der Waals surface area contributed by atoms with Gasteiger partial charge in [-0.15, -0.1) is 0 Å². The summed E-state index contributed by atoms with van der Waals surface area (Å²) in [5.41, 5.74) is 1.01. The number of aromatic amines is 1. The van der Waals surface area contributed by atoms with Gasteiger partial charge < -0.3 is 10.6 Å². The number of nitrogens with one attached hydrogen (secondary N) is 3. The molecular formula is C9H14N4O. The molecular weight excluding hydrogens is 180 g/mol. The van der Waals surface area contributed by atoms with E-state index in [2.05, 4.69) is 20.8 Å². The van der Waals surface area contributed by atoms with Gasteiger partial charge >= 0.3 is 0 Å².